The van der Waals surface area contributed by atoms with Crippen molar-refractivity contribution in [1.82, 2.24) is 10.4 Å². The van der Waals surface area contributed by atoms with Gasteiger partial charge in [-0.25, -0.2) is 10.4 Å². The van der Waals surface area contributed by atoms with E-state index < -0.39 is 0 Å². The van der Waals surface area contributed by atoms with Crippen LogP contribution in [0, 0.1) is 6.92 Å². The average Bonchev–Trinajstić information content (AvgIpc) is 2.80. The van der Waals surface area contributed by atoms with Crippen molar-refractivity contribution in [2.75, 3.05) is 0 Å². The maximum absolute atomic E-state index is 13.0. The number of amides is 1. The molecule has 160 valence electrons. The Kier molecular flexibility index (Phi) is 5.85. The van der Waals surface area contributed by atoms with Gasteiger partial charge in [-0.3, -0.25) is 4.79 Å². The number of carbonyl (C=O) groups excluding carboxylic acids is 1. The maximum Gasteiger partial charge on any atom is 0.272 e. The molecule has 6 heteroatoms. The molecule has 32 heavy (non-hydrogen) atoms. The fourth-order valence-corrected chi connectivity index (χ4v) is 3.43. The van der Waals surface area contributed by atoms with Crippen molar-refractivity contribution in [3.05, 3.63) is 89.0 Å². The SMILES string of the molecule is CCc1ccc(-c2cc(C(=O)NN=Cc3ccc(O)c(O)c3)c3cc(C)ccc3n2)cc1. The highest BCUT2D eigenvalue weighted by Crippen LogP contribution is 2.27. The number of rotatable bonds is 5. The van der Waals surface area contributed by atoms with Crippen molar-refractivity contribution in [3.8, 4) is 22.8 Å². The first kappa shape index (κ1) is 21.1. The summed E-state index contributed by atoms with van der Waals surface area (Å²) in [6.45, 7) is 4.07. The lowest BCUT2D eigenvalue weighted by Gasteiger charge is -2.10. The van der Waals surface area contributed by atoms with Crippen molar-refractivity contribution in [1.29, 1.82) is 0 Å². The summed E-state index contributed by atoms with van der Waals surface area (Å²) in [6, 6.07) is 20.0. The van der Waals surface area contributed by atoms with Gasteiger partial charge in [0, 0.05) is 10.9 Å². The van der Waals surface area contributed by atoms with E-state index in [9.17, 15) is 15.0 Å². The highest BCUT2D eigenvalue weighted by molar-refractivity contribution is 6.07. The van der Waals surface area contributed by atoms with Crippen LogP contribution in [0.1, 0.15) is 34.0 Å². The van der Waals surface area contributed by atoms with Crippen LogP contribution < -0.4 is 5.43 Å². The van der Waals surface area contributed by atoms with Gasteiger partial charge in [-0.2, -0.15) is 5.10 Å². The Morgan fingerprint density at radius 1 is 1.00 bits per heavy atom. The number of aromatic hydroxyl groups is 2. The van der Waals surface area contributed by atoms with Gasteiger partial charge in [0.1, 0.15) is 0 Å². The summed E-state index contributed by atoms with van der Waals surface area (Å²) >= 11 is 0. The van der Waals surface area contributed by atoms with Crippen LogP contribution in [-0.2, 0) is 6.42 Å². The number of pyridine rings is 1. The number of hydrogen-bond acceptors (Lipinski definition) is 5. The molecule has 1 heterocycles. The van der Waals surface area contributed by atoms with Crippen LogP contribution >= 0.6 is 0 Å². The van der Waals surface area contributed by atoms with Gasteiger partial charge < -0.3 is 10.2 Å². The van der Waals surface area contributed by atoms with Gasteiger partial charge in [-0.15, -0.1) is 0 Å². The molecule has 1 amide bonds. The van der Waals surface area contributed by atoms with Crippen LogP contribution in [0.15, 0.2) is 71.8 Å². The lowest BCUT2D eigenvalue weighted by Crippen LogP contribution is -2.18. The Morgan fingerprint density at radius 2 is 1.78 bits per heavy atom. The summed E-state index contributed by atoms with van der Waals surface area (Å²) in [5, 5.41) is 23.8. The molecular weight excluding hydrogens is 402 g/mol. The zero-order chi connectivity index (χ0) is 22.7. The molecule has 0 aliphatic rings. The zero-order valence-electron chi connectivity index (χ0n) is 17.8. The van der Waals surface area contributed by atoms with E-state index in [2.05, 4.69) is 29.6 Å². The van der Waals surface area contributed by atoms with E-state index >= 15 is 0 Å². The van der Waals surface area contributed by atoms with Crippen LogP contribution in [-0.4, -0.2) is 27.3 Å². The molecule has 0 bridgehead atoms. The monoisotopic (exact) mass is 425 g/mol. The van der Waals surface area contributed by atoms with Gasteiger partial charge in [0.05, 0.1) is 23.0 Å². The molecule has 0 aliphatic heterocycles. The third-order valence-corrected chi connectivity index (χ3v) is 5.25. The Morgan fingerprint density at radius 3 is 2.50 bits per heavy atom. The Bertz CT molecular complexity index is 1330. The molecule has 0 radical (unpaired) electrons. The van der Waals surface area contributed by atoms with Gasteiger partial charge in [-0.05, 0) is 60.9 Å². The molecule has 6 nitrogen and oxygen atoms in total. The maximum atomic E-state index is 13.0. The van der Waals surface area contributed by atoms with Crippen LogP contribution in [0.3, 0.4) is 0 Å². The Hall–Kier alpha value is -4.19. The lowest BCUT2D eigenvalue weighted by atomic mass is 10.0. The number of benzene rings is 3. The fraction of sp³-hybridized carbons (Fsp3) is 0.115. The molecule has 0 fully saturated rings. The van der Waals surface area contributed by atoms with Gasteiger partial charge in [0.25, 0.3) is 5.91 Å². The number of nitrogens with one attached hydrogen (secondary N) is 1. The average molecular weight is 425 g/mol. The molecule has 1 aromatic heterocycles. The van der Waals surface area contributed by atoms with E-state index in [4.69, 9.17) is 4.98 Å². The first-order chi connectivity index (χ1) is 15.4. The van der Waals surface area contributed by atoms with Gasteiger partial charge in [-0.1, -0.05) is 42.8 Å². The summed E-state index contributed by atoms with van der Waals surface area (Å²) in [4.78, 5) is 17.8. The number of phenolic OH excluding ortho intramolecular Hbond substituents is 2. The second-order valence-corrected chi connectivity index (χ2v) is 7.57. The van der Waals surface area contributed by atoms with Crippen molar-refractivity contribution in [2.45, 2.75) is 20.3 Å². The minimum absolute atomic E-state index is 0.218. The molecule has 3 aromatic carbocycles. The minimum Gasteiger partial charge on any atom is -0.504 e. The first-order valence-electron chi connectivity index (χ1n) is 10.3. The van der Waals surface area contributed by atoms with Crippen molar-refractivity contribution in [3.63, 3.8) is 0 Å². The van der Waals surface area contributed by atoms with Gasteiger partial charge in [0.15, 0.2) is 11.5 Å². The summed E-state index contributed by atoms with van der Waals surface area (Å²) < 4.78 is 0. The fourth-order valence-electron chi connectivity index (χ4n) is 3.43. The number of hydrazone groups is 1. The van der Waals surface area contributed by atoms with Crippen LogP contribution in [0.4, 0.5) is 0 Å². The number of nitrogens with zero attached hydrogens (tertiary/aromatic N) is 2. The predicted molar refractivity (Wildman–Crippen MR) is 126 cm³/mol. The highest BCUT2D eigenvalue weighted by Gasteiger charge is 2.14. The lowest BCUT2D eigenvalue weighted by molar-refractivity contribution is 0.0956. The largest absolute Gasteiger partial charge is 0.504 e. The molecule has 3 N–H and O–H groups in total. The summed E-state index contributed by atoms with van der Waals surface area (Å²) in [5.74, 6) is -0.840. The number of aromatic nitrogens is 1. The van der Waals surface area contributed by atoms with Crippen LogP contribution in [0.25, 0.3) is 22.2 Å². The van der Waals surface area contributed by atoms with E-state index in [0.717, 1.165) is 28.5 Å². The molecule has 0 spiro atoms. The predicted octanol–water partition coefficient (Wildman–Crippen LogP) is 4.95. The molecule has 0 saturated heterocycles. The second kappa shape index (κ2) is 8.89. The second-order valence-electron chi connectivity index (χ2n) is 7.57. The molecular formula is C26H23N3O3. The molecule has 0 atom stereocenters. The summed E-state index contributed by atoms with van der Waals surface area (Å²) in [6.07, 6.45) is 2.35. The van der Waals surface area contributed by atoms with Crippen LogP contribution in [0.5, 0.6) is 11.5 Å². The topological polar surface area (TPSA) is 94.8 Å². The van der Waals surface area contributed by atoms with Crippen molar-refractivity contribution in [2.24, 2.45) is 5.10 Å². The standard InChI is InChI=1S/C26H23N3O3/c1-3-17-5-8-19(9-6-17)23-14-21(20-12-16(2)4-10-22(20)28-23)26(32)29-27-15-18-7-11-24(30)25(31)13-18/h4-15,30-31H,3H2,1-2H3,(H,29,32). The Labute approximate surface area is 185 Å². The zero-order valence-corrected chi connectivity index (χ0v) is 17.8. The summed E-state index contributed by atoms with van der Waals surface area (Å²) in [7, 11) is 0. The Balaban J connectivity index is 1.68. The van der Waals surface area contributed by atoms with Gasteiger partial charge in [0.2, 0.25) is 0 Å². The smallest absolute Gasteiger partial charge is 0.272 e. The number of hydrogen-bond donors (Lipinski definition) is 3. The molecule has 0 unspecified atom stereocenters. The third kappa shape index (κ3) is 4.44. The minimum atomic E-state index is -0.367. The molecule has 0 aliphatic carbocycles. The molecule has 4 rings (SSSR count). The quantitative estimate of drug-likeness (QED) is 0.240. The molecule has 4 aromatic rings. The normalized spacial score (nSPS) is 11.2. The van der Waals surface area contributed by atoms with E-state index in [1.807, 2.05) is 37.3 Å². The first-order valence-corrected chi connectivity index (χ1v) is 10.3. The number of aryl methyl sites for hydroxylation is 2. The van der Waals surface area contributed by atoms with Gasteiger partial charge >= 0.3 is 0 Å². The van der Waals surface area contributed by atoms with E-state index in [-0.39, 0.29) is 17.4 Å². The third-order valence-electron chi connectivity index (χ3n) is 5.25. The number of fused-ring (bicyclic) bond motifs is 1. The number of carbonyl (C=O) groups is 1. The van der Waals surface area contributed by atoms with E-state index in [0.29, 0.717) is 16.8 Å². The van der Waals surface area contributed by atoms with E-state index in [1.165, 1.54) is 23.9 Å². The number of phenols is 2. The summed E-state index contributed by atoms with van der Waals surface area (Å²) in [5.41, 5.74) is 8.18. The van der Waals surface area contributed by atoms with Crippen molar-refractivity contribution >= 4 is 23.0 Å². The van der Waals surface area contributed by atoms with E-state index in [1.54, 1.807) is 12.1 Å². The molecule has 0 saturated carbocycles. The van der Waals surface area contributed by atoms with Crippen molar-refractivity contribution < 1.29 is 15.0 Å². The van der Waals surface area contributed by atoms with Crippen LogP contribution in [0.2, 0.25) is 0 Å². The highest BCUT2D eigenvalue weighted by atomic mass is 16.3.